The van der Waals surface area contributed by atoms with E-state index < -0.39 is 17.6 Å². The number of carbonyl (C=O) groups excluding carboxylic acids is 1. The summed E-state index contributed by atoms with van der Waals surface area (Å²) >= 11 is 0. The van der Waals surface area contributed by atoms with E-state index in [1.807, 2.05) is 42.5 Å². The summed E-state index contributed by atoms with van der Waals surface area (Å²) in [7, 11) is 0. The van der Waals surface area contributed by atoms with Gasteiger partial charge in [-0.15, -0.1) is 0 Å². The van der Waals surface area contributed by atoms with Crippen LogP contribution in [-0.4, -0.2) is 34.0 Å². The molecule has 2 aromatic carbocycles. The van der Waals surface area contributed by atoms with E-state index in [1.54, 1.807) is 4.90 Å². The van der Waals surface area contributed by atoms with Crippen LogP contribution in [0.15, 0.2) is 60.8 Å². The molecule has 1 aromatic heterocycles. The average molecular weight is 485 g/mol. The lowest BCUT2D eigenvalue weighted by atomic mass is 9.93. The maximum absolute atomic E-state index is 12.8. The second-order valence-corrected chi connectivity index (χ2v) is 8.98. The number of pyridine rings is 1. The van der Waals surface area contributed by atoms with Crippen LogP contribution in [0.5, 0.6) is 11.5 Å². The molecule has 1 saturated heterocycles. The smallest absolute Gasteiger partial charge is 0.417 e. The van der Waals surface area contributed by atoms with Crippen LogP contribution in [0.4, 0.5) is 13.2 Å². The highest BCUT2D eigenvalue weighted by Crippen LogP contribution is 2.35. The highest BCUT2D eigenvalue weighted by molar-refractivity contribution is 5.92. The van der Waals surface area contributed by atoms with Gasteiger partial charge in [0.05, 0.1) is 12.2 Å². The fraction of sp³-hybridized carbons (Fsp3) is 0.333. The van der Waals surface area contributed by atoms with E-state index in [2.05, 4.69) is 18.8 Å². The van der Waals surface area contributed by atoms with Gasteiger partial charge in [-0.3, -0.25) is 9.78 Å². The minimum absolute atomic E-state index is 0.00690. The summed E-state index contributed by atoms with van der Waals surface area (Å²) in [6.45, 7) is 4.86. The van der Waals surface area contributed by atoms with Crippen LogP contribution in [0.25, 0.3) is 0 Å². The van der Waals surface area contributed by atoms with Gasteiger partial charge in [-0.05, 0) is 59.4 Å². The maximum atomic E-state index is 12.8. The predicted molar refractivity (Wildman–Crippen MR) is 125 cm³/mol. The van der Waals surface area contributed by atoms with Crippen molar-refractivity contribution in [1.82, 2.24) is 9.88 Å². The fourth-order valence-corrected chi connectivity index (χ4v) is 4.41. The van der Waals surface area contributed by atoms with Crippen LogP contribution >= 0.6 is 0 Å². The summed E-state index contributed by atoms with van der Waals surface area (Å²) in [4.78, 5) is 18.1. The zero-order valence-corrected chi connectivity index (χ0v) is 19.5. The van der Waals surface area contributed by atoms with Crippen LogP contribution in [0.3, 0.4) is 0 Å². The number of aliphatic hydroxyl groups excluding tert-OH is 1. The Bertz CT molecular complexity index is 1190. The topological polar surface area (TPSA) is 62.7 Å². The first-order chi connectivity index (χ1) is 16.7. The van der Waals surface area contributed by atoms with Gasteiger partial charge in [-0.2, -0.15) is 13.2 Å². The molecule has 4 rings (SSSR count). The van der Waals surface area contributed by atoms with Gasteiger partial charge in [-0.1, -0.05) is 38.1 Å². The van der Waals surface area contributed by atoms with Crippen molar-refractivity contribution in [2.24, 2.45) is 0 Å². The Hall–Kier alpha value is -3.39. The van der Waals surface area contributed by atoms with Crippen LogP contribution in [0, 0.1) is 0 Å². The van der Waals surface area contributed by atoms with E-state index in [0.29, 0.717) is 37.4 Å². The standard InChI is InChI=1S/C27H27F3N2O3/c1-17(2)22-5-3-4-6-25(22)35-21-8-9-23(19(13-21)16-33)18-11-12-32(15-18)26(34)24-10-7-20(14-31-24)27(28,29)30/h3-10,13-14,17-18,33H,11-12,15-16H2,1-2H3. The molecule has 3 aromatic rings. The van der Waals surface area contributed by atoms with Gasteiger partial charge in [0.1, 0.15) is 17.2 Å². The summed E-state index contributed by atoms with van der Waals surface area (Å²) in [6.07, 6.45) is -3.14. The number of carbonyl (C=O) groups is 1. The summed E-state index contributed by atoms with van der Waals surface area (Å²) in [5.74, 6) is 1.26. The van der Waals surface area contributed by atoms with Crippen molar-refractivity contribution < 1.29 is 27.8 Å². The van der Waals surface area contributed by atoms with Gasteiger partial charge in [-0.25, -0.2) is 0 Å². The van der Waals surface area contributed by atoms with E-state index in [-0.39, 0.29) is 18.2 Å². The lowest BCUT2D eigenvalue weighted by molar-refractivity contribution is -0.137. The van der Waals surface area contributed by atoms with Gasteiger partial charge < -0.3 is 14.7 Å². The lowest BCUT2D eigenvalue weighted by Crippen LogP contribution is -2.29. The molecular weight excluding hydrogens is 457 g/mol. The van der Waals surface area contributed by atoms with Crippen molar-refractivity contribution in [2.75, 3.05) is 13.1 Å². The Labute approximate surface area is 202 Å². The number of likely N-dealkylation sites (tertiary alicyclic amines) is 1. The molecule has 5 nitrogen and oxygen atoms in total. The molecule has 2 heterocycles. The summed E-state index contributed by atoms with van der Waals surface area (Å²) in [6, 6.07) is 15.4. The highest BCUT2D eigenvalue weighted by atomic mass is 19.4. The molecule has 35 heavy (non-hydrogen) atoms. The van der Waals surface area contributed by atoms with Gasteiger partial charge in [0.15, 0.2) is 0 Å². The molecule has 184 valence electrons. The molecule has 1 aliphatic heterocycles. The molecule has 1 unspecified atom stereocenters. The predicted octanol–water partition coefficient (Wildman–Crippen LogP) is 6.14. The molecule has 1 amide bonds. The van der Waals surface area contributed by atoms with Gasteiger partial charge in [0.2, 0.25) is 0 Å². The molecule has 0 bridgehead atoms. The van der Waals surface area contributed by atoms with Gasteiger partial charge in [0.25, 0.3) is 5.91 Å². The van der Waals surface area contributed by atoms with E-state index in [1.165, 1.54) is 0 Å². The third-order valence-electron chi connectivity index (χ3n) is 6.28. The Balaban J connectivity index is 1.48. The molecule has 8 heteroatoms. The average Bonchev–Trinajstić information content (AvgIpc) is 3.33. The number of amides is 1. The number of benzene rings is 2. The second kappa shape index (κ2) is 10.1. The third-order valence-corrected chi connectivity index (χ3v) is 6.28. The number of rotatable bonds is 6. The van der Waals surface area contributed by atoms with Crippen LogP contribution in [-0.2, 0) is 12.8 Å². The van der Waals surface area contributed by atoms with Gasteiger partial charge >= 0.3 is 6.18 Å². The molecule has 1 fully saturated rings. The molecule has 1 N–H and O–H groups in total. The first-order valence-corrected chi connectivity index (χ1v) is 11.5. The van der Waals surface area contributed by atoms with Crippen molar-refractivity contribution >= 4 is 5.91 Å². The maximum Gasteiger partial charge on any atom is 0.417 e. The largest absolute Gasteiger partial charge is 0.457 e. The summed E-state index contributed by atoms with van der Waals surface area (Å²) in [5, 5.41) is 10.0. The Morgan fingerprint density at radius 2 is 1.94 bits per heavy atom. The number of hydrogen-bond donors (Lipinski definition) is 1. The number of aliphatic hydroxyl groups is 1. The van der Waals surface area contributed by atoms with Crippen LogP contribution < -0.4 is 4.74 Å². The van der Waals surface area contributed by atoms with Crippen LogP contribution in [0.1, 0.15) is 64.8 Å². The van der Waals surface area contributed by atoms with E-state index in [0.717, 1.165) is 34.6 Å². The number of aromatic nitrogens is 1. The SMILES string of the molecule is CC(C)c1ccccc1Oc1ccc(C2CCN(C(=O)c3ccc(C(F)(F)F)cn3)C2)c(CO)c1. The Kier molecular flexibility index (Phi) is 7.12. The third kappa shape index (κ3) is 5.48. The molecule has 0 saturated carbocycles. The molecule has 0 aliphatic carbocycles. The zero-order valence-electron chi connectivity index (χ0n) is 19.5. The molecular formula is C27H27F3N2O3. The molecule has 1 atom stereocenters. The molecule has 0 radical (unpaired) electrons. The lowest BCUT2D eigenvalue weighted by Gasteiger charge is -2.19. The Morgan fingerprint density at radius 3 is 2.60 bits per heavy atom. The minimum atomic E-state index is -4.50. The van der Waals surface area contributed by atoms with Crippen molar-refractivity contribution in [1.29, 1.82) is 0 Å². The van der Waals surface area contributed by atoms with Crippen molar-refractivity contribution in [3.8, 4) is 11.5 Å². The minimum Gasteiger partial charge on any atom is -0.457 e. The van der Waals surface area contributed by atoms with E-state index in [4.69, 9.17) is 4.74 Å². The van der Waals surface area contributed by atoms with Crippen molar-refractivity contribution in [3.05, 3.63) is 88.7 Å². The van der Waals surface area contributed by atoms with E-state index >= 15 is 0 Å². The van der Waals surface area contributed by atoms with Crippen molar-refractivity contribution in [2.45, 2.75) is 44.9 Å². The number of nitrogens with zero attached hydrogens (tertiary/aromatic N) is 2. The first-order valence-electron chi connectivity index (χ1n) is 11.5. The Morgan fingerprint density at radius 1 is 1.17 bits per heavy atom. The number of para-hydroxylation sites is 1. The van der Waals surface area contributed by atoms with Crippen LogP contribution in [0.2, 0.25) is 0 Å². The normalized spacial score (nSPS) is 16.1. The fourth-order valence-electron chi connectivity index (χ4n) is 4.41. The molecule has 1 aliphatic rings. The van der Waals surface area contributed by atoms with Gasteiger partial charge in [0, 0.05) is 25.2 Å². The quantitative estimate of drug-likeness (QED) is 0.457. The number of hydrogen-bond acceptors (Lipinski definition) is 4. The van der Waals surface area contributed by atoms with Crippen molar-refractivity contribution in [3.63, 3.8) is 0 Å². The monoisotopic (exact) mass is 484 g/mol. The first kappa shape index (κ1) is 24.7. The zero-order chi connectivity index (χ0) is 25.2. The second-order valence-electron chi connectivity index (χ2n) is 8.98. The van der Waals surface area contributed by atoms with E-state index in [9.17, 15) is 23.1 Å². The number of halogens is 3. The number of ether oxygens (including phenoxy) is 1. The highest BCUT2D eigenvalue weighted by Gasteiger charge is 2.33. The molecule has 0 spiro atoms. The summed E-state index contributed by atoms with van der Waals surface area (Å²) in [5.41, 5.74) is 1.82. The summed E-state index contributed by atoms with van der Waals surface area (Å²) < 4.78 is 44.4. The number of alkyl halides is 3.